The molecule has 2 amide bonds. The zero-order valence-corrected chi connectivity index (χ0v) is 20.9. The number of nitrogens with zero attached hydrogens (tertiary/aromatic N) is 2. The van der Waals surface area contributed by atoms with Crippen molar-refractivity contribution in [2.24, 2.45) is 0 Å². The summed E-state index contributed by atoms with van der Waals surface area (Å²) in [5.74, 6) is -4.86. The Morgan fingerprint density at radius 2 is 1.84 bits per heavy atom. The van der Waals surface area contributed by atoms with Crippen molar-refractivity contribution >= 4 is 11.8 Å². The minimum atomic E-state index is -1.05. The van der Waals surface area contributed by atoms with Gasteiger partial charge in [0, 0.05) is 41.8 Å². The molecule has 2 N–H and O–H groups in total. The summed E-state index contributed by atoms with van der Waals surface area (Å²) in [6.45, 7) is 3.66. The van der Waals surface area contributed by atoms with E-state index < -0.39 is 40.5 Å². The molecule has 10 heteroatoms. The quantitative estimate of drug-likeness (QED) is 0.417. The second-order valence-electron chi connectivity index (χ2n) is 9.79. The normalized spacial score (nSPS) is 19.6. The standard InChI is InChI=1S/C28H28F4N4O2/c1-17-26(20(15-25(37)35-17)18-3-6-22(30)24(32)13-18)27(38)34-9-2-10-36-11-7-28(16-33,8-12-36)21-5-4-19(29)14-23(21)31/h3-6,13-14,20H,2,7-12,15H2,1H3,(H,34,38)(H,35,37)/t20-/m0/s1. The molecule has 200 valence electrons. The number of amides is 2. The van der Waals surface area contributed by atoms with Gasteiger partial charge >= 0.3 is 0 Å². The number of carbonyl (C=O) groups is 2. The van der Waals surface area contributed by atoms with Gasteiger partial charge in [0.15, 0.2) is 11.6 Å². The van der Waals surface area contributed by atoms with Gasteiger partial charge in [-0.25, -0.2) is 17.6 Å². The van der Waals surface area contributed by atoms with Crippen LogP contribution in [0.15, 0.2) is 47.7 Å². The van der Waals surface area contributed by atoms with Gasteiger partial charge in [-0.2, -0.15) is 5.26 Å². The maximum Gasteiger partial charge on any atom is 0.249 e. The van der Waals surface area contributed by atoms with Crippen LogP contribution in [0.5, 0.6) is 0 Å². The topological polar surface area (TPSA) is 85.2 Å². The Hall–Kier alpha value is -3.71. The molecule has 2 aliphatic rings. The smallest absolute Gasteiger partial charge is 0.249 e. The average Bonchev–Trinajstić information content (AvgIpc) is 2.88. The fourth-order valence-corrected chi connectivity index (χ4v) is 5.30. The van der Waals surface area contributed by atoms with E-state index in [-0.39, 0.29) is 17.9 Å². The minimum Gasteiger partial charge on any atom is -0.352 e. The maximum atomic E-state index is 14.4. The molecule has 1 atom stereocenters. The lowest BCUT2D eigenvalue weighted by Crippen LogP contribution is -2.43. The number of nitriles is 1. The van der Waals surface area contributed by atoms with E-state index in [4.69, 9.17) is 0 Å². The van der Waals surface area contributed by atoms with E-state index in [1.54, 1.807) is 6.92 Å². The largest absolute Gasteiger partial charge is 0.352 e. The van der Waals surface area contributed by atoms with Gasteiger partial charge in [-0.05, 0) is 69.6 Å². The fourth-order valence-electron chi connectivity index (χ4n) is 5.30. The number of likely N-dealkylation sites (tertiary alicyclic amines) is 1. The second kappa shape index (κ2) is 11.4. The van der Waals surface area contributed by atoms with Gasteiger partial charge in [-0.1, -0.05) is 12.1 Å². The van der Waals surface area contributed by atoms with Crippen molar-refractivity contribution < 1.29 is 27.2 Å². The number of rotatable bonds is 7. The molecule has 1 saturated heterocycles. The van der Waals surface area contributed by atoms with Crippen LogP contribution < -0.4 is 10.6 Å². The summed E-state index contributed by atoms with van der Waals surface area (Å²) in [6, 6.07) is 8.91. The van der Waals surface area contributed by atoms with Crippen LogP contribution >= 0.6 is 0 Å². The first kappa shape index (κ1) is 27.3. The Morgan fingerprint density at radius 3 is 2.50 bits per heavy atom. The highest BCUT2D eigenvalue weighted by atomic mass is 19.2. The monoisotopic (exact) mass is 528 g/mol. The lowest BCUT2D eigenvalue weighted by Gasteiger charge is -2.37. The van der Waals surface area contributed by atoms with Crippen LogP contribution in [0.4, 0.5) is 17.6 Å². The van der Waals surface area contributed by atoms with Crippen LogP contribution in [0.25, 0.3) is 0 Å². The first-order valence-corrected chi connectivity index (χ1v) is 12.5. The summed E-state index contributed by atoms with van der Waals surface area (Å²) in [5.41, 5.74) is 0.216. The van der Waals surface area contributed by atoms with Crippen LogP contribution in [0.3, 0.4) is 0 Å². The number of carbonyl (C=O) groups excluding carboxylic acids is 2. The zero-order valence-electron chi connectivity index (χ0n) is 20.9. The first-order chi connectivity index (χ1) is 18.1. The van der Waals surface area contributed by atoms with Crippen molar-refractivity contribution in [1.82, 2.24) is 15.5 Å². The lowest BCUT2D eigenvalue weighted by molar-refractivity contribution is -0.121. The lowest BCUT2D eigenvalue weighted by atomic mass is 9.73. The van der Waals surface area contributed by atoms with Crippen LogP contribution in [0, 0.1) is 34.6 Å². The van der Waals surface area contributed by atoms with Gasteiger partial charge in [0.05, 0.1) is 11.5 Å². The van der Waals surface area contributed by atoms with E-state index in [0.717, 1.165) is 18.2 Å². The molecule has 0 spiro atoms. The second-order valence-corrected chi connectivity index (χ2v) is 9.79. The maximum absolute atomic E-state index is 14.4. The summed E-state index contributed by atoms with van der Waals surface area (Å²) < 4.78 is 54.9. The summed E-state index contributed by atoms with van der Waals surface area (Å²) in [5, 5.41) is 15.3. The highest BCUT2D eigenvalue weighted by Crippen LogP contribution is 2.37. The first-order valence-electron chi connectivity index (χ1n) is 12.5. The number of benzene rings is 2. The third-order valence-corrected chi connectivity index (χ3v) is 7.37. The number of halogens is 4. The van der Waals surface area contributed by atoms with E-state index in [2.05, 4.69) is 21.6 Å². The highest BCUT2D eigenvalue weighted by Gasteiger charge is 2.38. The molecule has 38 heavy (non-hydrogen) atoms. The van der Waals surface area contributed by atoms with Crippen molar-refractivity contribution in [2.45, 2.75) is 43.9 Å². The molecule has 1 fully saturated rings. The van der Waals surface area contributed by atoms with Crippen molar-refractivity contribution in [3.8, 4) is 6.07 Å². The molecule has 0 radical (unpaired) electrons. The molecular weight excluding hydrogens is 500 g/mol. The Labute approximate surface area is 218 Å². The summed E-state index contributed by atoms with van der Waals surface area (Å²) >= 11 is 0. The van der Waals surface area contributed by atoms with Gasteiger partial charge < -0.3 is 15.5 Å². The van der Waals surface area contributed by atoms with Crippen molar-refractivity contribution in [2.75, 3.05) is 26.2 Å². The van der Waals surface area contributed by atoms with Gasteiger partial charge in [-0.15, -0.1) is 0 Å². The minimum absolute atomic E-state index is 0.0613. The van der Waals surface area contributed by atoms with Crippen molar-refractivity contribution in [3.05, 3.63) is 82.1 Å². The molecular formula is C28H28F4N4O2. The van der Waals surface area contributed by atoms with Gasteiger partial charge in [0.1, 0.15) is 11.6 Å². The number of hydrogen-bond acceptors (Lipinski definition) is 4. The third kappa shape index (κ3) is 5.73. The SMILES string of the molecule is CC1=C(C(=O)NCCCN2CCC(C#N)(c3ccc(F)cc3F)CC2)[C@H](c2ccc(F)c(F)c2)CC(=O)N1. The number of allylic oxidation sites excluding steroid dienone is 1. The van der Waals surface area contributed by atoms with Gasteiger partial charge in [0.2, 0.25) is 11.8 Å². The van der Waals surface area contributed by atoms with Gasteiger partial charge in [0.25, 0.3) is 0 Å². The molecule has 0 unspecified atom stereocenters. The van der Waals surface area contributed by atoms with E-state index in [1.807, 2.05) is 0 Å². The molecule has 0 saturated carbocycles. The Kier molecular flexibility index (Phi) is 8.17. The van der Waals surface area contributed by atoms with E-state index >= 15 is 0 Å². The summed E-state index contributed by atoms with van der Waals surface area (Å²) in [7, 11) is 0. The molecule has 2 aromatic carbocycles. The molecule has 0 aromatic heterocycles. The van der Waals surface area contributed by atoms with Crippen LogP contribution in [-0.2, 0) is 15.0 Å². The molecule has 6 nitrogen and oxygen atoms in total. The summed E-state index contributed by atoms with van der Waals surface area (Å²) in [6.07, 6.45) is 1.35. The van der Waals surface area contributed by atoms with Crippen LogP contribution in [0.1, 0.15) is 49.7 Å². The highest BCUT2D eigenvalue weighted by molar-refractivity contribution is 5.99. The Morgan fingerprint density at radius 1 is 1.11 bits per heavy atom. The Balaban J connectivity index is 1.32. The molecule has 2 aromatic rings. The van der Waals surface area contributed by atoms with E-state index in [9.17, 15) is 32.4 Å². The molecule has 2 heterocycles. The van der Waals surface area contributed by atoms with Crippen molar-refractivity contribution in [1.29, 1.82) is 5.26 Å². The van der Waals surface area contributed by atoms with E-state index in [1.165, 1.54) is 18.2 Å². The molecule has 0 bridgehead atoms. The van der Waals surface area contributed by atoms with Crippen LogP contribution in [-0.4, -0.2) is 42.9 Å². The molecule has 4 rings (SSSR count). The fraction of sp³-hybridized carbons (Fsp3) is 0.393. The summed E-state index contributed by atoms with van der Waals surface area (Å²) in [4.78, 5) is 27.3. The number of nitrogens with one attached hydrogen (secondary N) is 2. The van der Waals surface area contributed by atoms with E-state index in [0.29, 0.717) is 62.3 Å². The molecule has 0 aliphatic carbocycles. The number of hydrogen-bond donors (Lipinski definition) is 2. The molecule has 2 aliphatic heterocycles. The number of piperidine rings is 1. The Bertz CT molecular complexity index is 1310. The van der Waals surface area contributed by atoms with Gasteiger partial charge in [-0.3, -0.25) is 9.59 Å². The predicted octanol–water partition coefficient (Wildman–Crippen LogP) is 4.18. The average molecular weight is 529 g/mol. The van der Waals surface area contributed by atoms with Crippen LogP contribution in [0.2, 0.25) is 0 Å². The van der Waals surface area contributed by atoms with Crippen molar-refractivity contribution in [3.63, 3.8) is 0 Å². The predicted molar refractivity (Wildman–Crippen MR) is 132 cm³/mol. The third-order valence-electron chi connectivity index (χ3n) is 7.37. The zero-order chi connectivity index (χ0) is 27.4.